The Hall–Kier alpha value is -0.570. The number of hydrogen-bond donors (Lipinski definition) is 1. The van der Waals surface area contributed by atoms with Gasteiger partial charge in [0.15, 0.2) is 0 Å². The van der Waals surface area contributed by atoms with E-state index in [4.69, 9.17) is 4.74 Å². The third-order valence-electron chi connectivity index (χ3n) is 6.42. The summed E-state index contributed by atoms with van der Waals surface area (Å²) in [5.41, 5.74) is 0.517. The van der Waals surface area contributed by atoms with Gasteiger partial charge in [-0.05, 0) is 75.5 Å². The molecule has 4 fully saturated rings. The van der Waals surface area contributed by atoms with Crippen LogP contribution in [0.25, 0.3) is 0 Å². The first-order valence-electron chi connectivity index (χ1n) is 8.92. The summed E-state index contributed by atoms with van der Waals surface area (Å²) in [6, 6.07) is 0.530. The Morgan fingerprint density at radius 3 is 2.14 bits per heavy atom. The van der Waals surface area contributed by atoms with Gasteiger partial charge in [0, 0.05) is 12.6 Å². The molecule has 0 spiro atoms. The van der Waals surface area contributed by atoms with Crippen LogP contribution >= 0.6 is 0 Å². The van der Waals surface area contributed by atoms with Crippen LogP contribution in [0.2, 0.25) is 0 Å². The second-order valence-electron chi connectivity index (χ2n) is 8.06. The molecule has 2 unspecified atom stereocenters. The maximum atomic E-state index is 11.7. The molecule has 0 aliphatic heterocycles. The molecular formula is C18H31NO2. The fraction of sp³-hybridized carbons (Fsp3) is 0.944. The van der Waals surface area contributed by atoms with Crippen LogP contribution in [0.4, 0.5) is 0 Å². The van der Waals surface area contributed by atoms with Crippen LogP contribution in [-0.2, 0) is 9.53 Å². The number of carbonyl (C=O) groups excluding carboxylic acids is 1. The molecule has 4 aliphatic carbocycles. The summed E-state index contributed by atoms with van der Waals surface area (Å²) in [4.78, 5) is 11.7. The molecule has 21 heavy (non-hydrogen) atoms. The number of carbonyl (C=O) groups is 1. The largest absolute Gasteiger partial charge is 0.466 e. The fourth-order valence-electron chi connectivity index (χ4n) is 5.65. The molecule has 0 radical (unpaired) electrons. The molecule has 0 aromatic rings. The minimum atomic E-state index is -0.0669. The summed E-state index contributed by atoms with van der Waals surface area (Å²) in [5, 5.41) is 3.68. The van der Waals surface area contributed by atoms with Crippen LogP contribution in [0.1, 0.15) is 59.3 Å². The van der Waals surface area contributed by atoms with Crippen molar-refractivity contribution in [1.29, 1.82) is 0 Å². The molecule has 1 N–H and O–H groups in total. The first-order valence-corrected chi connectivity index (χ1v) is 8.92. The van der Waals surface area contributed by atoms with Crippen molar-refractivity contribution in [2.75, 3.05) is 13.2 Å². The zero-order valence-corrected chi connectivity index (χ0v) is 13.9. The van der Waals surface area contributed by atoms with Crippen molar-refractivity contribution in [3.63, 3.8) is 0 Å². The third-order valence-corrected chi connectivity index (χ3v) is 6.42. The molecule has 0 aromatic carbocycles. The number of nitrogens with one attached hydrogen (secondary N) is 1. The SMILES string of the molecule is CCOC(=O)C(C)CNC(C)C12CC3CC(CC(C3)C1)C2. The standard InChI is InChI=1S/C18H31NO2/c1-4-21-17(20)12(2)11-19-13(3)18-8-14-5-15(9-18)7-16(6-14)10-18/h12-16,19H,4-11H2,1-3H3. The van der Waals surface area contributed by atoms with E-state index in [2.05, 4.69) is 12.2 Å². The first-order chi connectivity index (χ1) is 10.0. The monoisotopic (exact) mass is 293 g/mol. The van der Waals surface area contributed by atoms with Crippen molar-refractivity contribution in [1.82, 2.24) is 5.32 Å². The summed E-state index contributed by atoms with van der Waals surface area (Å²) in [6.07, 6.45) is 8.73. The first kappa shape index (κ1) is 15.3. The Bertz CT molecular complexity index is 357. The van der Waals surface area contributed by atoms with E-state index in [1.54, 1.807) is 0 Å². The highest BCUT2D eigenvalue weighted by Gasteiger charge is 2.52. The molecule has 3 nitrogen and oxygen atoms in total. The van der Waals surface area contributed by atoms with E-state index in [0.29, 0.717) is 18.1 Å². The lowest BCUT2D eigenvalue weighted by molar-refractivity contribution is -0.147. The molecule has 2 atom stereocenters. The summed E-state index contributed by atoms with van der Waals surface area (Å²) >= 11 is 0. The number of ether oxygens (including phenoxy) is 1. The molecule has 120 valence electrons. The van der Waals surface area contributed by atoms with Crippen molar-refractivity contribution < 1.29 is 9.53 Å². The van der Waals surface area contributed by atoms with Crippen LogP contribution in [0.15, 0.2) is 0 Å². The Morgan fingerprint density at radius 2 is 1.67 bits per heavy atom. The predicted molar refractivity (Wildman–Crippen MR) is 83.9 cm³/mol. The molecule has 4 saturated carbocycles. The van der Waals surface area contributed by atoms with Crippen LogP contribution in [0, 0.1) is 29.1 Å². The second kappa shape index (κ2) is 5.91. The highest BCUT2D eigenvalue weighted by molar-refractivity contribution is 5.72. The van der Waals surface area contributed by atoms with Crippen LogP contribution in [0.3, 0.4) is 0 Å². The lowest BCUT2D eigenvalue weighted by Crippen LogP contribution is -2.55. The van der Waals surface area contributed by atoms with Crippen molar-refractivity contribution in [2.24, 2.45) is 29.1 Å². The molecule has 3 heteroatoms. The number of hydrogen-bond acceptors (Lipinski definition) is 3. The average molecular weight is 293 g/mol. The lowest BCUT2D eigenvalue weighted by atomic mass is 9.48. The van der Waals surface area contributed by atoms with Gasteiger partial charge in [-0.1, -0.05) is 6.92 Å². The smallest absolute Gasteiger partial charge is 0.309 e. The van der Waals surface area contributed by atoms with Gasteiger partial charge in [-0.3, -0.25) is 4.79 Å². The average Bonchev–Trinajstić information content (AvgIpc) is 2.43. The van der Waals surface area contributed by atoms with E-state index in [-0.39, 0.29) is 11.9 Å². The normalized spacial score (nSPS) is 40.0. The molecule has 4 aliphatic rings. The molecular weight excluding hydrogens is 262 g/mol. The van der Waals surface area contributed by atoms with Crippen LogP contribution < -0.4 is 5.32 Å². The van der Waals surface area contributed by atoms with E-state index in [1.165, 1.54) is 38.5 Å². The highest BCUT2D eigenvalue weighted by atomic mass is 16.5. The zero-order valence-electron chi connectivity index (χ0n) is 13.9. The van der Waals surface area contributed by atoms with Gasteiger partial charge in [0.05, 0.1) is 12.5 Å². The highest BCUT2D eigenvalue weighted by Crippen LogP contribution is 2.61. The Labute approximate surface area is 129 Å². The van der Waals surface area contributed by atoms with E-state index in [9.17, 15) is 4.79 Å². The second-order valence-corrected chi connectivity index (χ2v) is 8.06. The molecule has 0 aromatic heterocycles. The minimum Gasteiger partial charge on any atom is -0.466 e. The van der Waals surface area contributed by atoms with E-state index >= 15 is 0 Å². The Kier molecular flexibility index (Phi) is 4.31. The number of esters is 1. The third kappa shape index (κ3) is 2.99. The van der Waals surface area contributed by atoms with Gasteiger partial charge >= 0.3 is 5.97 Å². The van der Waals surface area contributed by atoms with Gasteiger partial charge in [0.25, 0.3) is 0 Å². The van der Waals surface area contributed by atoms with E-state index in [1.807, 2.05) is 13.8 Å². The topological polar surface area (TPSA) is 38.3 Å². The van der Waals surface area contributed by atoms with Crippen molar-refractivity contribution in [2.45, 2.75) is 65.3 Å². The summed E-state index contributed by atoms with van der Waals surface area (Å²) < 4.78 is 5.11. The molecule has 4 rings (SSSR count). The summed E-state index contributed by atoms with van der Waals surface area (Å²) in [7, 11) is 0. The fourth-order valence-corrected chi connectivity index (χ4v) is 5.65. The van der Waals surface area contributed by atoms with Crippen molar-refractivity contribution in [3.8, 4) is 0 Å². The summed E-state index contributed by atoms with van der Waals surface area (Å²) in [6.45, 7) is 7.42. The van der Waals surface area contributed by atoms with Crippen molar-refractivity contribution in [3.05, 3.63) is 0 Å². The molecule has 4 bridgehead atoms. The van der Waals surface area contributed by atoms with Gasteiger partial charge in [-0.15, -0.1) is 0 Å². The summed E-state index contributed by atoms with van der Waals surface area (Å²) in [5.74, 6) is 2.86. The Morgan fingerprint density at radius 1 is 1.14 bits per heavy atom. The predicted octanol–water partition coefficient (Wildman–Crippen LogP) is 3.38. The zero-order chi connectivity index (χ0) is 15.0. The quantitative estimate of drug-likeness (QED) is 0.763. The van der Waals surface area contributed by atoms with Gasteiger partial charge in [0.2, 0.25) is 0 Å². The Balaban J connectivity index is 1.56. The molecule has 0 saturated heterocycles. The van der Waals surface area contributed by atoms with Gasteiger partial charge in [-0.25, -0.2) is 0 Å². The van der Waals surface area contributed by atoms with Crippen LogP contribution in [-0.4, -0.2) is 25.2 Å². The lowest BCUT2D eigenvalue weighted by Gasteiger charge is -2.59. The van der Waals surface area contributed by atoms with E-state index < -0.39 is 0 Å². The maximum Gasteiger partial charge on any atom is 0.309 e. The molecule has 0 amide bonds. The van der Waals surface area contributed by atoms with Crippen molar-refractivity contribution >= 4 is 5.97 Å². The number of rotatable bonds is 6. The maximum absolute atomic E-state index is 11.7. The van der Waals surface area contributed by atoms with Gasteiger partial charge in [-0.2, -0.15) is 0 Å². The van der Waals surface area contributed by atoms with Crippen LogP contribution in [0.5, 0.6) is 0 Å². The van der Waals surface area contributed by atoms with E-state index in [0.717, 1.165) is 24.3 Å². The van der Waals surface area contributed by atoms with Gasteiger partial charge < -0.3 is 10.1 Å². The molecule has 0 heterocycles. The van der Waals surface area contributed by atoms with Gasteiger partial charge in [0.1, 0.15) is 0 Å². The minimum absolute atomic E-state index is 0.0405.